The number of aliphatic carboxylic acids is 1. The number of carboxylic acids is 1. The Kier molecular flexibility index (Phi) is 7.96. The summed E-state index contributed by atoms with van der Waals surface area (Å²) in [7, 11) is 1.60. The van der Waals surface area contributed by atoms with Gasteiger partial charge < -0.3 is 14.9 Å². The van der Waals surface area contributed by atoms with E-state index in [4.69, 9.17) is 4.74 Å². The van der Waals surface area contributed by atoms with Crippen molar-refractivity contribution in [3.05, 3.63) is 71.7 Å². The van der Waals surface area contributed by atoms with Crippen molar-refractivity contribution in [3.63, 3.8) is 0 Å². The standard InChI is InChI=1S/C28H29FN2O4/c1-35-22-9-10-26-24(17-22)23(12-14-30-26)27(32)11-6-20-13-16-31(18-25(20)28(33)34)15-2-3-19-4-7-21(29)8-5-19/h4-5,7-10,12,14,17,20,25,27,32H,6,11,13,15-16,18H2,1H3,(H,33,34)/t20-,25+,27?/m1/s1. The second-order valence-corrected chi connectivity index (χ2v) is 8.91. The number of likely N-dealkylation sites (tertiary alicyclic amines) is 1. The lowest BCUT2D eigenvalue weighted by Crippen LogP contribution is -2.44. The Bertz CT molecular complexity index is 1240. The molecule has 3 atom stereocenters. The van der Waals surface area contributed by atoms with E-state index in [2.05, 4.69) is 16.8 Å². The van der Waals surface area contributed by atoms with Gasteiger partial charge in [-0.05, 0) is 85.8 Å². The van der Waals surface area contributed by atoms with Gasteiger partial charge in [-0.2, -0.15) is 0 Å². The summed E-state index contributed by atoms with van der Waals surface area (Å²) in [5, 5.41) is 21.7. The Hall–Kier alpha value is -3.47. The fraction of sp³-hybridized carbons (Fsp3) is 0.357. The minimum absolute atomic E-state index is 0.0221. The Labute approximate surface area is 204 Å². The van der Waals surface area contributed by atoms with Crippen LogP contribution in [0.2, 0.25) is 0 Å². The fourth-order valence-corrected chi connectivity index (χ4v) is 4.72. The molecule has 0 radical (unpaired) electrons. The number of benzene rings is 2. The van der Waals surface area contributed by atoms with Gasteiger partial charge in [0.2, 0.25) is 0 Å². The van der Waals surface area contributed by atoms with Gasteiger partial charge in [0.15, 0.2) is 0 Å². The number of rotatable bonds is 7. The number of carbonyl (C=O) groups is 1. The number of aromatic nitrogens is 1. The Morgan fingerprint density at radius 2 is 2.06 bits per heavy atom. The topological polar surface area (TPSA) is 82.9 Å². The van der Waals surface area contributed by atoms with E-state index in [-0.39, 0.29) is 11.7 Å². The molecule has 0 aliphatic carbocycles. The van der Waals surface area contributed by atoms with E-state index < -0.39 is 18.0 Å². The summed E-state index contributed by atoms with van der Waals surface area (Å²) in [6, 6.07) is 13.4. The predicted octanol–water partition coefficient (Wildman–Crippen LogP) is 4.27. The zero-order valence-corrected chi connectivity index (χ0v) is 19.7. The van der Waals surface area contributed by atoms with Crippen molar-refractivity contribution < 1.29 is 24.1 Å². The van der Waals surface area contributed by atoms with Gasteiger partial charge in [-0.3, -0.25) is 14.7 Å². The van der Waals surface area contributed by atoms with E-state index >= 15 is 0 Å². The van der Waals surface area contributed by atoms with Gasteiger partial charge >= 0.3 is 5.97 Å². The van der Waals surface area contributed by atoms with Crippen molar-refractivity contribution in [1.29, 1.82) is 0 Å². The summed E-state index contributed by atoms with van der Waals surface area (Å²) in [5.74, 6) is 5.10. The van der Waals surface area contributed by atoms with Gasteiger partial charge in [-0.1, -0.05) is 11.8 Å². The first-order valence-electron chi connectivity index (χ1n) is 11.7. The number of aliphatic hydroxyl groups is 1. The molecule has 1 saturated heterocycles. The van der Waals surface area contributed by atoms with Crippen LogP contribution in [-0.2, 0) is 4.79 Å². The van der Waals surface area contributed by atoms with Crippen LogP contribution in [-0.4, -0.2) is 52.8 Å². The molecule has 1 aliphatic rings. The number of piperidine rings is 1. The minimum atomic E-state index is -0.820. The summed E-state index contributed by atoms with van der Waals surface area (Å²) in [4.78, 5) is 18.4. The van der Waals surface area contributed by atoms with Crippen LogP contribution in [0.1, 0.15) is 36.5 Å². The highest BCUT2D eigenvalue weighted by Crippen LogP contribution is 2.33. The van der Waals surface area contributed by atoms with Gasteiger partial charge in [0, 0.05) is 23.7 Å². The third kappa shape index (κ3) is 6.16. The molecule has 0 spiro atoms. The van der Waals surface area contributed by atoms with E-state index in [0.717, 1.165) is 35.0 Å². The van der Waals surface area contributed by atoms with Crippen LogP contribution >= 0.6 is 0 Å². The third-order valence-electron chi connectivity index (χ3n) is 6.69. The van der Waals surface area contributed by atoms with Gasteiger partial charge in [-0.15, -0.1) is 0 Å². The highest BCUT2D eigenvalue weighted by molar-refractivity contribution is 5.83. The molecular weight excluding hydrogens is 447 g/mol. The molecule has 1 unspecified atom stereocenters. The molecular formula is C28H29FN2O4. The molecule has 0 saturated carbocycles. The van der Waals surface area contributed by atoms with Crippen LogP contribution in [0.25, 0.3) is 10.9 Å². The van der Waals surface area contributed by atoms with E-state index in [1.54, 1.807) is 25.4 Å². The lowest BCUT2D eigenvalue weighted by Gasteiger charge is -2.36. The Balaban J connectivity index is 1.37. The number of hydrogen-bond donors (Lipinski definition) is 2. The molecule has 0 amide bonds. The number of fused-ring (bicyclic) bond motifs is 1. The maximum Gasteiger partial charge on any atom is 0.308 e. The number of nitrogens with zero attached hydrogens (tertiary/aromatic N) is 2. The van der Waals surface area contributed by atoms with E-state index in [9.17, 15) is 19.4 Å². The number of aliphatic hydroxyl groups excluding tert-OH is 1. The molecule has 35 heavy (non-hydrogen) atoms. The van der Waals surface area contributed by atoms with Crippen molar-refractivity contribution in [2.45, 2.75) is 25.4 Å². The van der Waals surface area contributed by atoms with Crippen molar-refractivity contribution in [1.82, 2.24) is 9.88 Å². The highest BCUT2D eigenvalue weighted by Gasteiger charge is 2.34. The normalized spacial score (nSPS) is 19.1. The van der Waals surface area contributed by atoms with Gasteiger partial charge in [-0.25, -0.2) is 4.39 Å². The van der Waals surface area contributed by atoms with Crippen LogP contribution < -0.4 is 4.74 Å². The SMILES string of the molecule is COc1ccc2nccc(C(O)CC[C@@H]3CCN(CC#Cc4ccc(F)cc4)C[C@@H]3C(=O)O)c2c1. The predicted molar refractivity (Wildman–Crippen MR) is 131 cm³/mol. The molecule has 4 rings (SSSR count). The smallest absolute Gasteiger partial charge is 0.308 e. The summed E-state index contributed by atoms with van der Waals surface area (Å²) in [6.45, 7) is 1.63. The molecule has 1 fully saturated rings. The zero-order chi connectivity index (χ0) is 24.8. The van der Waals surface area contributed by atoms with E-state index in [1.807, 2.05) is 29.2 Å². The largest absolute Gasteiger partial charge is 0.497 e. The van der Waals surface area contributed by atoms with Crippen LogP contribution in [0, 0.1) is 29.5 Å². The zero-order valence-electron chi connectivity index (χ0n) is 19.7. The lowest BCUT2D eigenvalue weighted by molar-refractivity contribution is -0.146. The van der Waals surface area contributed by atoms with Crippen molar-refractivity contribution in [2.24, 2.45) is 11.8 Å². The molecule has 6 nitrogen and oxygen atoms in total. The molecule has 0 bridgehead atoms. The van der Waals surface area contributed by atoms with E-state index in [0.29, 0.717) is 31.7 Å². The quantitative estimate of drug-likeness (QED) is 0.496. The van der Waals surface area contributed by atoms with Gasteiger partial charge in [0.1, 0.15) is 11.6 Å². The number of methoxy groups -OCH3 is 1. The first-order valence-corrected chi connectivity index (χ1v) is 11.7. The number of pyridine rings is 1. The first kappa shape index (κ1) is 24.6. The molecule has 7 heteroatoms. The van der Waals surface area contributed by atoms with Crippen LogP contribution in [0.4, 0.5) is 4.39 Å². The first-order chi connectivity index (χ1) is 16.9. The van der Waals surface area contributed by atoms with E-state index in [1.165, 1.54) is 12.1 Å². The fourth-order valence-electron chi connectivity index (χ4n) is 4.72. The lowest BCUT2D eigenvalue weighted by atomic mass is 9.81. The van der Waals surface area contributed by atoms with Crippen molar-refractivity contribution in [3.8, 4) is 17.6 Å². The molecule has 3 aromatic rings. The number of ether oxygens (including phenoxy) is 1. The van der Waals surface area contributed by atoms with Crippen LogP contribution in [0.15, 0.2) is 54.7 Å². The highest BCUT2D eigenvalue weighted by atomic mass is 19.1. The second kappa shape index (κ2) is 11.3. The average molecular weight is 477 g/mol. The summed E-state index contributed by atoms with van der Waals surface area (Å²) >= 11 is 0. The molecule has 2 N–H and O–H groups in total. The number of carboxylic acid groups (broad SMARTS) is 1. The molecule has 1 aromatic heterocycles. The number of hydrogen-bond acceptors (Lipinski definition) is 5. The Morgan fingerprint density at radius 1 is 1.26 bits per heavy atom. The summed E-state index contributed by atoms with van der Waals surface area (Å²) in [5.41, 5.74) is 2.28. The van der Waals surface area contributed by atoms with Gasteiger partial charge in [0.05, 0.1) is 31.2 Å². The molecule has 2 heterocycles. The third-order valence-corrected chi connectivity index (χ3v) is 6.69. The molecule has 2 aromatic carbocycles. The average Bonchev–Trinajstić information content (AvgIpc) is 2.88. The van der Waals surface area contributed by atoms with Gasteiger partial charge in [0.25, 0.3) is 0 Å². The molecule has 1 aliphatic heterocycles. The van der Waals surface area contributed by atoms with Crippen LogP contribution in [0.5, 0.6) is 5.75 Å². The monoisotopic (exact) mass is 476 g/mol. The summed E-state index contributed by atoms with van der Waals surface area (Å²) < 4.78 is 18.3. The number of halogens is 1. The maximum atomic E-state index is 13.0. The van der Waals surface area contributed by atoms with Crippen molar-refractivity contribution >= 4 is 16.9 Å². The summed E-state index contributed by atoms with van der Waals surface area (Å²) in [6.07, 6.45) is 2.77. The maximum absolute atomic E-state index is 13.0. The molecule has 182 valence electrons. The minimum Gasteiger partial charge on any atom is -0.497 e. The van der Waals surface area contributed by atoms with Crippen LogP contribution in [0.3, 0.4) is 0 Å². The second-order valence-electron chi connectivity index (χ2n) is 8.91. The Morgan fingerprint density at radius 3 is 2.80 bits per heavy atom. The van der Waals surface area contributed by atoms with Crippen molar-refractivity contribution in [2.75, 3.05) is 26.7 Å².